The fourth-order valence-corrected chi connectivity index (χ4v) is 0. The van der Waals surface area contributed by atoms with Crippen LogP contribution in [0.15, 0.2) is 0 Å². The molecule has 0 radical (unpaired) electrons. The van der Waals surface area contributed by atoms with Crippen LogP contribution >= 0.6 is 24.8 Å². The van der Waals surface area contributed by atoms with Crippen molar-refractivity contribution in [2.24, 2.45) is 0 Å². The van der Waals surface area contributed by atoms with E-state index >= 15 is 0 Å². The van der Waals surface area contributed by atoms with E-state index in [0.29, 0.717) is 0 Å². The summed E-state index contributed by atoms with van der Waals surface area (Å²) >= 11 is 0. The molecule has 0 aliphatic rings. The van der Waals surface area contributed by atoms with Gasteiger partial charge in [0.15, 0.2) is 0 Å². The normalized spacial score (nSPS) is 3.12. The van der Waals surface area contributed by atoms with Crippen molar-refractivity contribution in [3.8, 4) is 0 Å². The predicted molar refractivity (Wildman–Crippen MR) is 34.5 cm³/mol. The number of carboxylic acids is 1. The molecular formula is C3H10Cl2O2Ti. The zero-order valence-corrected chi connectivity index (χ0v) is 6.87. The van der Waals surface area contributed by atoms with E-state index in [4.69, 9.17) is 9.90 Å². The SMILES string of the molecule is C.CC(=O)O.Cl.Cl.[Ti]. The van der Waals surface area contributed by atoms with Gasteiger partial charge in [0.1, 0.15) is 0 Å². The molecule has 0 aromatic heterocycles. The van der Waals surface area contributed by atoms with E-state index in [9.17, 15) is 0 Å². The summed E-state index contributed by atoms with van der Waals surface area (Å²) in [5.41, 5.74) is 0. The van der Waals surface area contributed by atoms with Crippen molar-refractivity contribution in [3.63, 3.8) is 0 Å². The van der Waals surface area contributed by atoms with E-state index in [1.54, 1.807) is 0 Å². The summed E-state index contributed by atoms with van der Waals surface area (Å²) in [5.74, 6) is -0.833. The summed E-state index contributed by atoms with van der Waals surface area (Å²) in [4.78, 5) is 9.00. The summed E-state index contributed by atoms with van der Waals surface area (Å²) < 4.78 is 0. The van der Waals surface area contributed by atoms with Crippen LogP contribution in [0, 0.1) is 0 Å². The number of hydrogen-bond donors (Lipinski definition) is 1. The van der Waals surface area contributed by atoms with Crippen LogP contribution in [0.4, 0.5) is 0 Å². The van der Waals surface area contributed by atoms with Crippen molar-refractivity contribution in [1.82, 2.24) is 0 Å². The van der Waals surface area contributed by atoms with Crippen LogP contribution in [0.25, 0.3) is 0 Å². The Morgan fingerprint density at radius 1 is 1.38 bits per heavy atom. The van der Waals surface area contributed by atoms with E-state index < -0.39 is 5.97 Å². The molecule has 52 valence electrons. The molecule has 0 atom stereocenters. The second kappa shape index (κ2) is 25.1. The number of halogens is 2. The molecule has 0 fully saturated rings. The maximum Gasteiger partial charge on any atom is 0.300 e. The maximum absolute atomic E-state index is 9.00. The first-order chi connectivity index (χ1) is 1.73. The second-order valence-corrected chi connectivity index (χ2v) is 0.519. The van der Waals surface area contributed by atoms with Crippen molar-refractivity contribution in [2.45, 2.75) is 14.4 Å². The van der Waals surface area contributed by atoms with Crippen LogP contribution < -0.4 is 0 Å². The molecule has 0 aliphatic carbocycles. The fourth-order valence-electron chi connectivity index (χ4n) is 0. The van der Waals surface area contributed by atoms with E-state index in [1.165, 1.54) is 0 Å². The van der Waals surface area contributed by atoms with E-state index in [1.807, 2.05) is 0 Å². The Hall–Kier alpha value is 0.764. The first kappa shape index (κ1) is 37.3. The Morgan fingerprint density at radius 2 is 1.38 bits per heavy atom. The van der Waals surface area contributed by atoms with Crippen LogP contribution in [-0.2, 0) is 26.5 Å². The van der Waals surface area contributed by atoms with Crippen molar-refractivity contribution in [1.29, 1.82) is 0 Å². The molecule has 0 saturated heterocycles. The summed E-state index contributed by atoms with van der Waals surface area (Å²) in [5, 5.41) is 7.42. The summed E-state index contributed by atoms with van der Waals surface area (Å²) in [6.45, 7) is 1.08. The quantitative estimate of drug-likeness (QED) is 0.598. The minimum Gasteiger partial charge on any atom is -0.481 e. The molecule has 0 saturated carbocycles. The van der Waals surface area contributed by atoms with E-state index in [-0.39, 0.29) is 54.0 Å². The topological polar surface area (TPSA) is 37.3 Å². The van der Waals surface area contributed by atoms with Gasteiger partial charge in [-0.1, -0.05) is 7.43 Å². The largest absolute Gasteiger partial charge is 0.481 e. The molecule has 0 spiro atoms. The van der Waals surface area contributed by atoms with Gasteiger partial charge in [-0.15, -0.1) is 24.8 Å². The van der Waals surface area contributed by atoms with E-state index in [0.717, 1.165) is 6.92 Å². The van der Waals surface area contributed by atoms with Crippen LogP contribution in [0.5, 0.6) is 0 Å². The number of carbonyl (C=O) groups is 1. The van der Waals surface area contributed by atoms with Gasteiger partial charge < -0.3 is 5.11 Å². The van der Waals surface area contributed by atoms with Gasteiger partial charge in [-0.25, -0.2) is 0 Å². The fraction of sp³-hybridized carbons (Fsp3) is 0.667. The monoisotopic (exact) mass is 196 g/mol. The average Bonchev–Trinajstić information content (AvgIpc) is 0.811. The standard InChI is InChI=1S/C2H4O2.CH4.2ClH.Ti/c1-2(3)4;;;;/h1H3,(H,3,4);1H4;2*1H;. The van der Waals surface area contributed by atoms with Gasteiger partial charge in [0.25, 0.3) is 5.97 Å². The Kier molecular flexibility index (Phi) is 117. The van der Waals surface area contributed by atoms with Gasteiger partial charge in [-0.2, -0.15) is 0 Å². The number of carboxylic acid groups (broad SMARTS) is 1. The zero-order valence-electron chi connectivity index (χ0n) is 3.67. The molecule has 0 bridgehead atoms. The first-order valence-electron chi connectivity index (χ1n) is 0.928. The van der Waals surface area contributed by atoms with Crippen LogP contribution in [-0.4, -0.2) is 11.1 Å². The summed E-state index contributed by atoms with van der Waals surface area (Å²) in [6.07, 6.45) is 0. The molecule has 2 nitrogen and oxygen atoms in total. The Bertz CT molecular complexity index is 38.3. The minimum atomic E-state index is -0.833. The molecule has 0 amide bonds. The molecule has 0 aromatic rings. The van der Waals surface area contributed by atoms with Crippen molar-refractivity contribution in [3.05, 3.63) is 0 Å². The number of aliphatic carboxylic acids is 1. The van der Waals surface area contributed by atoms with Gasteiger partial charge in [0, 0.05) is 28.6 Å². The van der Waals surface area contributed by atoms with Crippen LogP contribution in [0.3, 0.4) is 0 Å². The molecule has 0 aliphatic heterocycles. The first-order valence-corrected chi connectivity index (χ1v) is 0.928. The third kappa shape index (κ3) is 385. The summed E-state index contributed by atoms with van der Waals surface area (Å²) in [7, 11) is 0. The molecule has 1 N–H and O–H groups in total. The second-order valence-electron chi connectivity index (χ2n) is 0.519. The van der Waals surface area contributed by atoms with Gasteiger partial charge in [0.05, 0.1) is 0 Å². The molecule has 0 heterocycles. The van der Waals surface area contributed by atoms with Gasteiger partial charge in [-0.05, 0) is 0 Å². The predicted octanol–water partition coefficient (Wildman–Crippen LogP) is 1.57. The molecular weight excluding hydrogens is 187 g/mol. The number of hydrogen-bond acceptors (Lipinski definition) is 1. The third-order valence-electron chi connectivity index (χ3n) is 0. The Morgan fingerprint density at radius 3 is 1.38 bits per heavy atom. The average molecular weight is 197 g/mol. The molecule has 0 rings (SSSR count). The van der Waals surface area contributed by atoms with Crippen LogP contribution in [0.1, 0.15) is 14.4 Å². The van der Waals surface area contributed by atoms with E-state index in [2.05, 4.69) is 0 Å². The zero-order chi connectivity index (χ0) is 3.58. The molecule has 5 heteroatoms. The van der Waals surface area contributed by atoms with Gasteiger partial charge >= 0.3 is 0 Å². The van der Waals surface area contributed by atoms with Crippen LogP contribution in [0.2, 0.25) is 0 Å². The summed E-state index contributed by atoms with van der Waals surface area (Å²) in [6, 6.07) is 0. The Balaban J connectivity index is -0.00000000750. The minimum absolute atomic E-state index is 0. The Labute approximate surface area is 76.7 Å². The molecule has 0 aromatic carbocycles. The molecule has 8 heavy (non-hydrogen) atoms. The number of rotatable bonds is 0. The third-order valence-corrected chi connectivity index (χ3v) is 0. The van der Waals surface area contributed by atoms with Crippen molar-refractivity contribution >= 4 is 30.8 Å². The smallest absolute Gasteiger partial charge is 0.300 e. The van der Waals surface area contributed by atoms with Crippen molar-refractivity contribution in [2.75, 3.05) is 0 Å². The van der Waals surface area contributed by atoms with Gasteiger partial charge in [0.2, 0.25) is 0 Å². The maximum atomic E-state index is 9.00. The van der Waals surface area contributed by atoms with Gasteiger partial charge in [-0.3, -0.25) is 4.79 Å². The molecule has 0 unspecified atom stereocenters. The van der Waals surface area contributed by atoms with Crippen molar-refractivity contribution < 1.29 is 31.6 Å².